The van der Waals surface area contributed by atoms with Crippen molar-refractivity contribution in [3.05, 3.63) is 78.9 Å². The van der Waals surface area contributed by atoms with Crippen molar-refractivity contribution in [2.24, 2.45) is 0 Å². The molecule has 0 saturated carbocycles. The Balaban J connectivity index is 1.95. The van der Waals surface area contributed by atoms with Crippen LogP contribution in [0.3, 0.4) is 0 Å². The summed E-state index contributed by atoms with van der Waals surface area (Å²) >= 11 is 0. The zero-order valence-electron chi connectivity index (χ0n) is 11.0. The largest absolute Gasteiger partial charge is 0.457 e. The van der Waals surface area contributed by atoms with Gasteiger partial charge in [0.25, 0.3) is 0 Å². The van der Waals surface area contributed by atoms with Crippen LogP contribution in [0.25, 0.3) is 11.1 Å². The second-order valence-electron chi connectivity index (χ2n) is 4.57. The summed E-state index contributed by atoms with van der Waals surface area (Å²) in [5, 5.41) is 0. The topological polar surface area (TPSA) is 35.2 Å². The maximum atomic E-state index is 5.97. The van der Waals surface area contributed by atoms with Crippen LogP contribution in [0.15, 0.2) is 78.9 Å². The van der Waals surface area contributed by atoms with Gasteiger partial charge in [0.05, 0.1) is 0 Å². The number of para-hydroxylation sites is 1. The van der Waals surface area contributed by atoms with Crippen molar-refractivity contribution in [3.63, 3.8) is 0 Å². The van der Waals surface area contributed by atoms with E-state index in [1.54, 1.807) is 0 Å². The van der Waals surface area contributed by atoms with E-state index in [1.807, 2.05) is 66.7 Å². The van der Waals surface area contributed by atoms with Crippen molar-refractivity contribution in [1.29, 1.82) is 0 Å². The predicted molar refractivity (Wildman–Crippen MR) is 82.8 cm³/mol. The van der Waals surface area contributed by atoms with Crippen LogP contribution in [-0.2, 0) is 0 Å². The molecule has 0 spiro atoms. The van der Waals surface area contributed by atoms with E-state index in [0.29, 0.717) is 5.69 Å². The zero-order valence-corrected chi connectivity index (χ0v) is 11.0. The second-order valence-corrected chi connectivity index (χ2v) is 4.57. The third kappa shape index (κ3) is 2.81. The van der Waals surface area contributed by atoms with Crippen molar-refractivity contribution in [3.8, 4) is 22.6 Å². The van der Waals surface area contributed by atoms with E-state index in [1.165, 1.54) is 0 Å². The lowest BCUT2D eigenvalue weighted by Gasteiger charge is -2.09. The van der Waals surface area contributed by atoms with Gasteiger partial charge < -0.3 is 10.5 Å². The van der Waals surface area contributed by atoms with Crippen molar-refractivity contribution < 1.29 is 4.74 Å². The maximum Gasteiger partial charge on any atom is 0.130 e. The highest BCUT2D eigenvalue weighted by Gasteiger charge is 2.03. The molecule has 0 aliphatic carbocycles. The van der Waals surface area contributed by atoms with Crippen LogP contribution in [0.4, 0.5) is 5.69 Å². The lowest BCUT2D eigenvalue weighted by molar-refractivity contribution is 0.483. The van der Waals surface area contributed by atoms with E-state index in [2.05, 4.69) is 12.1 Å². The molecule has 0 heterocycles. The standard InChI is InChI=1S/C18H15NO/c19-16-11-15(14-7-3-1-4-8-14)12-18(13-16)20-17-9-5-2-6-10-17/h1-13H,19H2. The van der Waals surface area contributed by atoms with Crippen LogP contribution in [0.2, 0.25) is 0 Å². The van der Waals surface area contributed by atoms with Gasteiger partial charge in [0.15, 0.2) is 0 Å². The molecule has 3 rings (SSSR count). The van der Waals surface area contributed by atoms with E-state index in [4.69, 9.17) is 10.5 Å². The van der Waals surface area contributed by atoms with Crippen molar-refractivity contribution in [1.82, 2.24) is 0 Å². The molecular weight excluding hydrogens is 246 g/mol. The average Bonchev–Trinajstić information content (AvgIpc) is 2.49. The van der Waals surface area contributed by atoms with E-state index >= 15 is 0 Å². The number of ether oxygens (including phenoxy) is 1. The van der Waals surface area contributed by atoms with Crippen molar-refractivity contribution in [2.75, 3.05) is 5.73 Å². The third-order valence-corrected chi connectivity index (χ3v) is 3.01. The molecule has 3 aromatic rings. The summed E-state index contributed by atoms with van der Waals surface area (Å²) in [7, 11) is 0. The molecule has 0 fully saturated rings. The highest BCUT2D eigenvalue weighted by Crippen LogP contribution is 2.30. The quantitative estimate of drug-likeness (QED) is 0.692. The minimum atomic E-state index is 0.692. The highest BCUT2D eigenvalue weighted by molar-refractivity contribution is 5.69. The van der Waals surface area contributed by atoms with E-state index in [9.17, 15) is 0 Å². The minimum absolute atomic E-state index is 0.692. The molecule has 20 heavy (non-hydrogen) atoms. The molecule has 2 nitrogen and oxygen atoms in total. The molecule has 0 aliphatic heterocycles. The number of benzene rings is 3. The van der Waals surface area contributed by atoms with E-state index in [-0.39, 0.29) is 0 Å². The van der Waals surface area contributed by atoms with Gasteiger partial charge in [-0.3, -0.25) is 0 Å². The summed E-state index contributed by atoms with van der Waals surface area (Å²) in [6.45, 7) is 0. The van der Waals surface area contributed by atoms with Crippen LogP contribution in [0.5, 0.6) is 11.5 Å². The Morgan fingerprint density at radius 2 is 1.25 bits per heavy atom. The minimum Gasteiger partial charge on any atom is -0.457 e. The summed E-state index contributed by atoms with van der Waals surface area (Å²) in [6.07, 6.45) is 0. The molecule has 0 amide bonds. The fourth-order valence-corrected chi connectivity index (χ4v) is 2.10. The monoisotopic (exact) mass is 261 g/mol. The Labute approximate surface area is 118 Å². The van der Waals surface area contributed by atoms with Gasteiger partial charge >= 0.3 is 0 Å². The van der Waals surface area contributed by atoms with Crippen LogP contribution in [0, 0.1) is 0 Å². The van der Waals surface area contributed by atoms with Crippen molar-refractivity contribution in [2.45, 2.75) is 0 Å². The lowest BCUT2D eigenvalue weighted by atomic mass is 10.0. The number of nitrogens with two attached hydrogens (primary N) is 1. The first-order valence-corrected chi connectivity index (χ1v) is 6.50. The molecule has 0 aromatic heterocycles. The zero-order chi connectivity index (χ0) is 13.8. The van der Waals surface area contributed by atoms with Crippen LogP contribution in [0.1, 0.15) is 0 Å². The molecule has 0 saturated heterocycles. The van der Waals surface area contributed by atoms with Gasteiger partial charge in [-0.15, -0.1) is 0 Å². The van der Waals surface area contributed by atoms with Crippen LogP contribution >= 0.6 is 0 Å². The lowest BCUT2D eigenvalue weighted by Crippen LogP contribution is -1.90. The van der Waals surface area contributed by atoms with Gasteiger partial charge in [-0.2, -0.15) is 0 Å². The van der Waals surface area contributed by atoms with E-state index < -0.39 is 0 Å². The molecule has 0 aliphatic rings. The first kappa shape index (κ1) is 12.3. The summed E-state index contributed by atoms with van der Waals surface area (Å²) in [5.41, 5.74) is 8.84. The van der Waals surface area contributed by atoms with Gasteiger partial charge in [0.2, 0.25) is 0 Å². The Morgan fingerprint density at radius 1 is 0.600 bits per heavy atom. The SMILES string of the molecule is Nc1cc(Oc2ccccc2)cc(-c2ccccc2)c1. The predicted octanol–water partition coefficient (Wildman–Crippen LogP) is 4.73. The Kier molecular flexibility index (Phi) is 3.38. The number of anilines is 1. The number of nitrogen functional groups attached to an aromatic ring is 1. The summed E-state index contributed by atoms with van der Waals surface area (Å²) in [4.78, 5) is 0. The first-order valence-electron chi connectivity index (χ1n) is 6.50. The van der Waals surface area contributed by atoms with Gasteiger partial charge in [0, 0.05) is 11.8 Å². The number of hydrogen-bond acceptors (Lipinski definition) is 2. The molecule has 0 radical (unpaired) electrons. The Bertz CT molecular complexity index is 693. The van der Waals surface area contributed by atoms with Crippen LogP contribution < -0.4 is 10.5 Å². The Morgan fingerprint density at radius 3 is 1.95 bits per heavy atom. The normalized spacial score (nSPS) is 10.2. The van der Waals surface area contributed by atoms with Crippen LogP contribution in [-0.4, -0.2) is 0 Å². The summed E-state index contributed by atoms with van der Waals surface area (Å²) < 4.78 is 5.84. The van der Waals surface area contributed by atoms with Gasteiger partial charge in [0.1, 0.15) is 11.5 Å². The average molecular weight is 261 g/mol. The van der Waals surface area contributed by atoms with Crippen molar-refractivity contribution >= 4 is 5.69 Å². The molecule has 98 valence electrons. The van der Waals surface area contributed by atoms with E-state index in [0.717, 1.165) is 22.6 Å². The summed E-state index contributed by atoms with van der Waals surface area (Å²) in [6, 6.07) is 25.6. The molecule has 2 N–H and O–H groups in total. The number of hydrogen-bond donors (Lipinski definition) is 1. The first-order chi connectivity index (χ1) is 9.81. The third-order valence-electron chi connectivity index (χ3n) is 3.01. The fourth-order valence-electron chi connectivity index (χ4n) is 2.10. The Hall–Kier alpha value is -2.74. The highest BCUT2D eigenvalue weighted by atomic mass is 16.5. The molecule has 0 unspecified atom stereocenters. The maximum absolute atomic E-state index is 5.97. The molecule has 2 heteroatoms. The molecule has 0 bridgehead atoms. The smallest absolute Gasteiger partial charge is 0.130 e. The molecule has 3 aromatic carbocycles. The molecule has 0 atom stereocenters. The second kappa shape index (κ2) is 5.49. The summed E-state index contributed by atoms with van der Waals surface area (Å²) in [5.74, 6) is 1.55. The van der Waals surface area contributed by atoms with Gasteiger partial charge in [-0.1, -0.05) is 48.5 Å². The van der Waals surface area contributed by atoms with Gasteiger partial charge in [-0.25, -0.2) is 0 Å². The fraction of sp³-hybridized carbons (Fsp3) is 0. The van der Waals surface area contributed by atoms with Gasteiger partial charge in [-0.05, 0) is 35.4 Å². The molecular formula is C18H15NO. The number of rotatable bonds is 3.